The zero-order chi connectivity index (χ0) is 15.8. The van der Waals surface area contributed by atoms with Crippen LogP contribution in [0, 0.1) is 6.92 Å². The first-order valence-corrected chi connectivity index (χ1v) is 8.14. The molecule has 0 aliphatic heterocycles. The molecule has 0 saturated heterocycles. The average Bonchev–Trinajstić information content (AvgIpc) is 2.94. The van der Waals surface area contributed by atoms with Gasteiger partial charge in [-0.15, -0.1) is 0 Å². The predicted molar refractivity (Wildman–Crippen MR) is 88.2 cm³/mol. The van der Waals surface area contributed by atoms with Crippen LogP contribution in [0.25, 0.3) is 22.6 Å². The van der Waals surface area contributed by atoms with E-state index in [4.69, 9.17) is 0 Å². The van der Waals surface area contributed by atoms with Crippen LogP contribution < -0.4 is 5.56 Å². The van der Waals surface area contributed by atoms with Crippen molar-refractivity contribution in [3.05, 3.63) is 40.4 Å². The standard InChI is InChI=1S/C17H19N5O/c1-11-14-15(22(21-11)12-7-3-2-4-8-12)17(23)20-16(19-14)13-9-5-6-10-18-13/h5-6,9-10,12H,2-4,7-8H2,1H3,(H,19,20,23). The minimum atomic E-state index is -0.137. The number of H-pyrrole nitrogens is 1. The third-order valence-electron chi connectivity index (χ3n) is 4.55. The number of fused-ring (bicyclic) bond motifs is 1. The maximum atomic E-state index is 12.7. The number of hydrogen-bond acceptors (Lipinski definition) is 4. The molecule has 6 nitrogen and oxygen atoms in total. The highest BCUT2D eigenvalue weighted by atomic mass is 16.1. The summed E-state index contributed by atoms with van der Waals surface area (Å²) >= 11 is 0. The van der Waals surface area contributed by atoms with E-state index in [1.807, 2.05) is 29.8 Å². The number of aromatic nitrogens is 5. The fraction of sp³-hybridized carbons (Fsp3) is 0.412. The Hall–Kier alpha value is -2.50. The Labute approximate surface area is 133 Å². The minimum Gasteiger partial charge on any atom is -0.303 e. The van der Waals surface area contributed by atoms with Crippen LogP contribution in [-0.2, 0) is 0 Å². The number of rotatable bonds is 2. The van der Waals surface area contributed by atoms with Gasteiger partial charge in [-0.25, -0.2) is 4.98 Å². The van der Waals surface area contributed by atoms with Crippen LogP contribution >= 0.6 is 0 Å². The van der Waals surface area contributed by atoms with Gasteiger partial charge in [-0.3, -0.25) is 14.5 Å². The minimum absolute atomic E-state index is 0.137. The summed E-state index contributed by atoms with van der Waals surface area (Å²) in [5, 5.41) is 4.62. The topological polar surface area (TPSA) is 76.5 Å². The van der Waals surface area contributed by atoms with Crippen molar-refractivity contribution in [2.45, 2.75) is 45.1 Å². The second-order valence-corrected chi connectivity index (χ2v) is 6.15. The van der Waals surface area contributed by atoms with Gasteiger partial charge in [0.25, 0.3) is 5.56 Å². The zero-order valence-corrected chi connectivity index (χ0v) is 13.1. The summed E-state index contributed by atoms with van der Waals surface area (Å²) < 4.78 is 1.90. The first-order chi connectivity index (χ1) is 11.2. The van der Waals surface area contributed by atoms with Crippen LogP contribution in [0.2, 0.25) is 0 Å². The molecule has 1 saturated carbocycles. The van der Waals surface area contributed by atoms with Gasteiger partial charge in [0, 0.05) is 6.20 Å². The second kappa shape index (κ2) is 5.61. The van der Waals surface area contributed by atoms with Crippen molar-refractivity contribution in [1.82, 2.24) is 24.7 Å². The number of aromatic amines is 1. The van der Waals surface area contributed by atoms with Gasteiger partial charge in [-0.2, -0.15) is 5.10 Å². The Morgan fingerprint density at radius 2 is 2.04 bits per heavy atom. The largest absolute Gasteiger partial charge is 0.303 e. The van der Waals surface area contributed by atoms with E-state index >= 15 is 0 Å². The van der Waals surface area contributed by atoms with Gasteiger partial charge >= 0.3 is 0 Å². The summed E-state index contributed by atoms with van der Waals surface area (Å²) in [5.74, 6) is 0.495. The van der Waals surface area contributed by atoms with E-state index in [0.717, 1.165) is 18.5 Å². The van der Waals surface area contributed by atoms with Crippen molar-refractivity contribution in [3.8, 4) is 11.5 Å². The molecule has 118 valence electrons. The Balaban J connectivity index is 1.88. The molecule has 23 heavy (non-hydrogen) atoms. The van der Waals surface area contributed by atoms with Crippen LogP contribution in [0.3, 0.4) is 0 Å². The summed E-state index contributed by atoms with van der Waals surface area (Å²) in [5.41, 5.74) is 2.60. The molecule has 0 unspecified atom stereocenters. The average molecular weight is 309 g/mol. The Morgan fingerprint density at radius 3 is 2.78 bits per heavy atom. The maximum absolute atomic E-state index is 12.7. The zero-order valence-electron chi connectivity index (χ0n) is 13.1. The molecule has 3 aromatic heterocycles. The van der Waals surface area contributed by atoms with Crippen LogP contribution in [0.1, 0.15) is 43.8 Å². The molecule has 3 heterocycles. The van der Waals surface area contributed by atoms with E-state index in [0.29, 0.717) is 28.6 Å². The Kier molecular flexibility index (Phi) is 3.44. The lowest BCUT2D eigenvalue weighted by Crippen LogP contribution is -2.19. The van der Waals surface area contributed by atoms with E-state index in [2.05, 4.69) is 20.1 Å². The fourth-order valence-corrected chi connectivity index (χ4v) is 3.40. The molecule has 0 radical (unpaired) electrons. The molecular weight excluding hydrogens is 290 g/mol. The quantitative estimate of drug-likeness (QED) is 0.789. The molecule has 0 bridgehead atoms. The number of hydrogen-bond donors (Lipinski definition) is 1. The normalized spacial score (nSPS) is 16.0. The molecule has 0 aromatic carbocycles. The van der Waals surface area contributed by atoms with Gasteiger partial charge in [0.05, 0.1) is 11.7 Å². The number of pyridine rings is 1. The lowest BCUT2D eigenvalue weighted by molar-refractivity contribution is 0.336. The van der Waals surface area contributed by atoms with Crippen molar-refractivity contribution in [2.24, 2.45) is 0 Å². The smallest absolute Gasteiger partial charge is 0.277 e. The highest BCUT2D eigenvalue weighted by Crippen LogP contribution is 2.30. The van der Waals surface area contributed by atoms with Crippen molar-refractivity contribution in [1.29, 1.82) is 0 Å². The molecule has 1 aliphatic rings. The van der Waals surface area contributed by atoms with Crippen molar-refractivity contribution < 1.29 is 0 Å². The molecule has 0 amide bonds. The van der Waals surface area contributed by atoms with Gasteiger partial charge in [0.2, 0.25) is 0 Å². The van der Waals surface area contributed by atoms with Gasteiger partial charge in [0.15, 0.2) is 11.3 Å². The fourth-order valence-electron chi connectivity index (χ4n) is 3.40. The van der Waals surface area contributed by atoms with E-state index in [9.17, 15) is 4.79 Å². The van der Waals surface area contributed by atoms with Crippen molar-refractivity contribution >= 4 is 11.0 Å². The highest BCUT2D eigenvalue weighted by molar-refractivity contribution is 5.78. The molecule has 1 fully saturated rings. The Morgan fingerprint density at radius 1 is 1.22 bits per heavy atom. The van der Waals surface area contributed by atoms with Crippen LogP contribution in [-0.4, -0.2) is 24.7 Å². The number of nitrogens with one attached hydrogen (secondary N) is 1. The van der Waals surface area contributed by atoms with Gasteiger partial charge in [-0.1, -0.05) is 25.3 Å². The molecule has 0 spiro atoms. The molecule has 1 aliphatic carbocycles. The summed E-state index contributed by atoms with van der Waals surface area (Å²) in [7, 11) is 0. The summed E-state index contributed by atoms with van der Waals surface area (Å²) in [4.78, 5) is 24.4. The van der Waals surface area contributed by atoms with Gasteiger partial charge < -0.3 is 4.98 Å². The number of aryl methyl sites for hydroxylation is 1. The van der Waals surface area contributed by atoms with Crippen LogP contribution in [0.5, 0.6) is 0 Å². The van der Waals surface area contributed by atoms with E-state index < -0.39 is 0 Å². The van der Waals surface area contributed by atoms with Crippen molar-refractivity contribution in [3.63, 3.8) is 0 Å². The molecule has 4 rings (SSSR count). The van der Waals surface area contributed by atoms with Gasteiger partial charge in [-0.05, 0) is 31.9 Å². The third-order valence-corrected chi connectivity index (χ3v) is 4.55. The van der Waals surface area contributed by atoms with Crippen LogP contribution in [0.15, 0.2) is 29.2 Å². The van der Waals surface area contributed by atoms with E-state index in [-0.39, 0.29) is 5.56 Å². The summed E-state index contributed by atoms with van der Waals surface area (Å²) in [6.07, 6.45) is 7.52. The monoisotopic (exact) mass is 309 g/mol. The SMILES string of the molecule is Cc1nn(C2CCCCC2)c2c(=O)[nH]c(-c3ccccn3)nc12. The predicted octanol–water partition coefficient (Wildman–Crippen LogP) is 3.00. The summed E-state index contributed by atoms with van der Waals surface area (Å²) in [6.45, 7) is 1.91. The first-order valence-electron chi connectivity index (χ1n) is 8.14. The molecule has 3 aromatic rings. The molecule has 1 N–H and O–H groups in total. The van der Waals surface area contributed by atoms with E-state index in [1.165, 1.54) is 19.3 Å². The van der Waals surface area contributed by atoms with Crippen LogP contribution in [0.4, 0.5) is 0 Å². The van der Waals surface area contributed by atoms with Crippen molar-refractivity contribution in [2.75, 3.05) is 0 Å². The molecular formula is C17H19N5O. The highest BCUT2D eigenvalue weighted by Gasteiger charge is 2.22. The lowest BCUT2D eigenvalue weighted by atomic mass is 9.95. The van der Waals surface area contributed by atoms with Gasteiger partial charge in [0.1, 0.15) is 11.2 Å². The molecule has 6 heteroatoms. The maximum Gasteiger partial charge on any atom is 0.277 e. The summed E-state index contributed by atoms with van der Waals surface area (Å²) in [6, 6.07) is 5.87. The van der Waals surface area contributed by atoms with E-state index in [1.54, 1.807) is 6.20 Å². The Bertz CT molecular complexity index is 890. The lowest BCUT2D eigenvalue weighted by Gasteiger charge is -2.22. The number of nitrogens with zero attached hydrogens (tertiary/aromatic N) is 4. The first kappa shape index (κ1) is 14.1. The molecule has 0 atom stereocenters. The second-order valence-electron chi connectivity index (χ2n) is 6.15. The third kappa shape index (κ3) is 2.44.